The Morgan fingerprint density at radius 1 is 1.26 bits per heavy atom. The van der Waals surface area contributed by atoms with E-state index in [1.165, 1.54) is 35.8 Å². The number of ether oxygens (including phenoxy) is 1. The van der Waals surface area contributed by atoms with Crippen LogP contribution < -0.4 is 21.6 Å². The summed E-state index contributed by atoms with van der Waals surface area (Å²) in [5.74, 6) is 8.27. The van der Waals surface area contributed by atoms with Crippen molar-refractivity contribution in [2.24, 2.45) is 17.5 Å². The molecular weight excluding hydrogens is 410 g/mol. The van der Waals surface area contributed by atoms with E-state index in [1.54, 1.807) is 7.05 Å². The first kappa shape index (κ1) is 23.3. The van der Waals surface area contributed by atoms with E-state index < -0.39 is 0 Å². The standard InChI is InChI=1S/C22H35N7OS/c1-14(2)12-20-27-22(31-28-20)25-13-18(29(4)24)21(23)17-10-11-19(15(3)26-17)30-16-8-6-5-7-9-16/h10-11,14,16H,5-9,12-13,23-24H2,1-4H3,(H,25,27,28)/b21-18-. The molecule has 9 heteroatoms. The van der Waals surface area contributed by atoms with Crippen molar-refractivity contribution in [1.82, 2.24) is 19.4 Å². The fourth-order valence-corrected chi connectivity index (χ4v) is 4.27. The molecule has 2 heterocycles. The Bertz CT molecular complexity index is 888. The molecule has 0 aliphatic heterocycles. The van der Waals surface area contributed by atoms with E-state index in [-0.39, 0.29) is 6.10 Å². The fourth-order valence-electron chi connectivity index (χ4n) is 3.68. The van der Waals surface area contributed by atoms with E-state index >= 15 is 0 Å². The highest BCUT2D eigenvalue weighted by Crippen LogP contribution is 2.26. The highest BCUT2D eigenvalue weighted by Gasteiger charge is 2.18. The third-order valence-corrected chi connectivity index (χ3v) is 6.07. The van der Waals surface area contributed by atoms with Crippen LogP contribution in [0.3, 0.4) is 0 Å². The van der Waals surface area contributed by atoms with Gasteiger partial charge in [0, 0.05) is 25.0 Å². The SMILES string of the molecule is Cc1nc(/C(N)=C(\CNc2nc(CC(C)C)ns2)N(C)N)ccc1OC1CCCCC1. The number of aryl methyl sites for hydroxylation is 1. The molecule has 2 aromatic rings. The van der Waals surface area contributed by atoms with Gasteiger partial charge in [-0.15, -0.1) is 0 Å². The van der Waals surface area contributed by atoms with E-state index in [0.717, 1.165) is 47.4 Å². The zero-order valence-corrected chi connectivity index (χ0v) is 19.8. The van der Waals surface area contributed by atoms with Gasteiger partial charge in [-0.2, -0.15) is 4.37 Å². The smallest absolute Gasteiger partial charge is 0.202 e. The average Bonchev–Trinajstić information content (AvgIpc) is 3.16. The van der Waals surface area contributed by atoms with Crippen LogP contribution in [-0.4, -0.2) is 39.0 Å². The van der Waals surface area contributed by atoms with Gasteiger partial charge in [0.15, 0.2) is 0 Å². The molecule has 1 aliphatic rings. The van der Waals surface area contributed by atoms with Crippen molar-refractivity contribution in [1.29, 1.82) is 0 Å². The van der Waals surface area contributed by atoms with Gasteiger partial charge < -0.3 is 20.8 Å². The van der Waals surface area contributed by atoms with Gasteiger partial charge in [-0.25, -0.2) is 15.8 Å². The molecule has 0 saturated heterocycles. The van der Waals surface area contributed by atoms with Crippen LogP contribution in [0.2, 0.25) is 0 Å². The second-order valence-corrected chi connectivity index (χ2v) is 9.35. The minimum absolute atomic E-state index is 0.287. The predicted octanol–water partition coefficient (Wildman–Crippen LogP) is 3.70. The summed E-state index contributed by atoms with van der Waals surface area (Å²) in [6.45, 7) is 6.69. The summed E-state index contributed by atoms with van der Waals surface area (Å²) in [5.41, 5.74) is 9.23. The van der Waals surface area contributed by atoms with E-state index in [0.29, 0.717) is 23.9 Å². The van der Waals surface area contributed by atoms with Crippen molar-refractivity contribution in [3.63, 3.8) is 0 Å². The lowest BCUT2D eigenvalue weighted by atomic mass is 9.98. The van der Waals surface area contributed by atoms with Gasteiger partial charge >= 0.3 is 0 Å². The quantitative estimate of drug-likeness (QED) is 0.395. The second-order valence-electron chi connectivity index (χ2n) is 8.60. The monoisotopic (exact) mass is 445 g/mol. The number of nitrogens with two attached hydrogens (primary N) is 2. The normalized spacial score (nSPS) is 15.7. The Hall–Kier alpha value is -2.39. The Morgan fingerprint density at radius 2 is 2.00 bits per heavy atom. The molecule has 1 aliphatic carbocycles. The molecule has 1 fully saturated rings. The predicted molar refractivity (Wildman–Crippen MR) is 126 cm³/mol. The summed E-state index contributed by atoms with van der Waals surface area (Å²) in [6, 6.07) is 3.86. The number of hydrazine groups is 1. The van der Waals surface area contributed by atoms with Crippen molar-refractivity contribution in [2.75, 3.05) is 18.9 Å². The Balaban J connectivity index is 1.71. The molecule has 5 N–H and O–H groups in total. The van der Waals surface area contributed by atoms with Crippen LogP contribution in [0.5, 0.6) is 5.75 Å². The maximum Gasteiger partial charge on any atom is 0.202 e. The highest BCUT2D eigenvalue weighted by atomic mass is 32.1. The van der Waals surface area contributed by atoms with Crippen molar-refractivity contribution in [3.8, 4) is 5.75 Å². The van der Waals surface area contributed by atoms with Crippen LogP contribution in [0.4, 0.5) is 5.13 Å². The van der Waals surface area contributed by atoms with E-state index in [2.05, 4.69) is 28.5 Å². The van der Waals surface area contributed by atoms with Gasteiger partial charge in [-0.3, -0.25) is 0 Å². The summed E-state index contributed by atoms with van der Waals surface area (Å²) >= 11 is 1.35. The molecule has 31 heavy (non-hydrogen) atoms. The molecule has 0 aromatic carbocycles. The van der Waals surface area contributed by atoms with Gasteiger partial charge in [-0.05, 0) is 50.7 Å². The molecular formula is C22H35N7OS. The Kier molecular flexibility index (Phi) is 8.09. The van der Waals surface area contributed by atoms with Gasteiger partial charge in [0.05, 0.1) is 35.4 Å². The summed E-state index contributed by atoms with van der Waals surface area (Å²) in [5, 5.41) is 5.55. The number of hydrogen-bond donors (Lipinski definition) is 3. The first-order valence-corrected chi connectivity index (χ1v) is 11.8. The van der Waals surface area contributed by atoms with Gasteiger partial charge in [-0.1, -0.05) is 20.3 Å². The third-order valence-electron chi connectivity index (χ3n) is 5.36. The zero-order valence-electron chi connectivity index (χ0n) is 19.0. The van der Waals surface area contributed by atoms with Crippen LogP contribution >= 0.6 is 11.5 Å². The van der Waals surface area contributed by atoms with Crippen LogP contribution in [0, 0.1) is 12.8 Å². The number of likely N-dealkylation sites (N-methyl/N-ethyl adjacent to an activating group) is 1. The maximum atomic E-state index is 6.46. The molecule has 2 aromatic heterocycles. The number of nitrogens with zero attached hydrogens (tertiary/aromatic N) is 4. The average molecular weight is 446 g/mol. The fraction of sp³-hybridized carbons (Fsp3) is 0.591. The van der Waals surface area contributed by atoms with Crippen LogP contribution in [-0.2, 0) is 6.42 Å². The minimum Gasteiger partial charge on any atom is -0.489 e. The maximum absolute atomic E-state index is 6.46. The first-order valence-electron chi connectivity index (χ1n) is 11.0. The van der Waals surface area contributed by atoms with Crippen molar-refractivity contribution >= 4 is 22.4 Å². The van der Waals surface area contributed by atoms with Crippen molar-refractivity contribution in [2.45, 2.75) is 65.4 Å². The number of aromatic nitrogens is 3. The molecule has 1 saturated carbocycles. The van der Waals surface area contributed by atoms with Gasteiger partial charge in [0.2, 0.25) is 5.13 Å². The molecule has 0 bridgehead atoms. The minimum atomic E-state index is 0.287. The summed E-state index contributed by atoms with van der Waals surface area (Å²) in [4.78, 5) is 9.23. The lowest BCUT2D eigenvalue weighted by molar-refractivity contribution is 0.153. The summed E-state index contributed by atoms with van der Waals surface area (Å²) in [6.07, 6.45) is 7.14. The zero-order chi connectivity index (χ0) is 22.4. The summed E-state index contributed by atoms with van der Waals surface area (Å²) in [7, 11) is 1.77. The molecule has 0 unspecified atom stereocenters. The number of anilines is 1. The van der Waals surface area contributed by atoms with E-state index in [9.17, 15) is 0 Å². The molecule has 3 rings (SSSR count). The molecule has 0 amide bonds. The van der Waals surface area contributed by atoms with Crippen LogP contribution in [0.15, 0.2) is 17.8 Å². The van der Waals surface area contributed by atoms with E-state index in [4.69, 9.17) is 21.3 Å². The molecule has 0 radical (unpaired) electrons. The van der Waals surface area contributed by atoms with Gasteiger partial charge in [0.1, 0.15) is 11.6 Å². The van der Waals surface area contributed by atoms with Gasteiger partial charge in [0.25, 0.3) is 0 Å². The molecule has 8 nitrogen and oxygen atoms in total. The molecule has 170 valence electrons. The molecule has 0 spiro atoms. The lowest BCUT2D eigenvalue weighted by Crippen LogP contribution is -2.32. The number of nitrogens with one attached hydrogen (secondary N) is 1. The van der Waals surface area contributed by atoms with Crippen molar-refractivity contribution in [3.05, 3.63) is 35.0 Å². The topological polar surface area (TPSA) is 115 Å². The summed E-state index contributed by atoms with van der Waals surface area (Å²) < 4.78 is 10.6. The first-order chi connectivity index (χ1) is 14.8. The second kappa shape index (κ2) is 10.8. The molecule has 0 atom stereocenters. The largest absolute Gasteiger partial charge is 0.489 e. The Labute approximate surface area is 189 Å². The third kappa shape index (κ3) is 6.54. The van der Waals surface area contributed by atoms with E-state index in [1.807, 2.05) is 19.1 Å². The number of hydrogen-bond acceptors (Lipinski definition) is 9. The highest BCUT2D eigenvalue weighted by molar-refractivity contribution is 7.09. The van der Waals surface area contributed by atoms with Crippen LogP contribution in [0.25, 0.3) is 5.70 Å². The van der Waals surface area contributed by atoms with Crippen LogP contribution in [0.1, 0.15) is 63.2 Å². The van der Waals surface area contributed by atoms with Crippen molar-refractivity contribution < 1.29 is 4.74 Å². The Morgan fingerprint density at radius 3 is 2.65 bits per heavy atom. The lowest BCUT2D eigenvalue weighted by Gasteiger charge is -2.24. The number of rotatable bonds is 9. The number of pyridine rings is 1.